The van der Waals surface area contributed by atoms with Crippen LogP contribution >= 0.6 is 12.0 Å². The topological polar surface area (TPSA) is 46.5 Å². The van der Waals surface area contributed by atoms with Crippen molar-refractivity contribution in [3.8, 4) is 0 Å². The fraction of sp³-hybridized carbons (Fsp3) is 0.857. The van der Waals surface area contributed by atoms with Gasteiger partial charge < -0.3 is 0 Å². The molecule has 0 aliphatic rings. The van der Waals surface area contributed by atoms with Crippen LogP contribution < -0.4 is 0 Å². The molecule has 1 N–H and O–H groups in total. The van der Waals surface area contributed by atoms with E-state index in [4.69, 9.17) is 2.76 Å². The average Bonchev–Trinajstić information content (AvgIpc) is 3.07. The van der Waals surface area contributed by atoms with Crippen LogP contribution in [-0.4, -0.2) is 3.69 Å². The Hall–Kier alpha value is 0.00429. The van der Waals surface area contributed by atoms with Gasteiger partial charge in [-0.3, -0.25) is 0 Å². The summed E-state index contributed by atoms with van der Waals surface area (Å²) in [4.78, 5) is 1.09. The first-order chi connectivity index (χ1) is 23.1. The molecule has 0 saturated carbocycles. The molecule has 274 valence electrons. The first-order valence-corrected chi connectivity index (χ1v) is 23.6. The van der Waals surface area contributed by atoms with E-state index in [2.05, 4.69) is 32.9 Å². The predicted octanol–water partition coefficient (Wildman–Crippen LogP) is 14.9. The zero-order valence-electron chi connectivity index (χ0n) is 31.7. The quantitative estimate of drug-likeness (QED) is 0.0428. The van der Waals surface area contributed by atoms with Crippen molar-refractivity contribution < 1.29 is 28.4 Å². The molecule has 47 heavy (non-hydrogen) atoms. The predicted molar refractivity (Wildman–Crippen MR) is 203 cm³/mol. The second-order valence-electron chi connectivity index (χ2n) is 14.4. The molecule has 5 heteroatoms. The summed E-state index contributed by atoms with van der Waals surface area (Å²) in [5, 5.41) is 0. The Morgan fingerprint density at radius 3 is 1.15 bits per heavy atom. The third-order valence-electron chi connectivity index (χ3n) is 10.0. The van der Waals surface area contributed by atoms with Gasteiger partial charge in [-0.05, 0) is 0 Å². The summed E-state index contributed by atoms with van der Waals surface area (Å²) in [6, 6.07) is 4.53. The minimum absolute atomic E-state index is 1.07. The third kappa shape index (κ3) is 26.5. The van der Waals surface area contributed by atoms with E-state index in [-0.39, 0.29) is 0 Å². The summed E-state index contributed by atoms with van der Waals surface area (Å²) >= 11 is -2.41. The fourth-order valence-corrected chi connectivity index (χ4v) is 8.44. The minimum atomic E-state index is -3.59. The molecule has 0 unspecified atom stereocenters. The van der Waals surface area contributed by atoms with Crippen molar-refractivity contribution in [2.24, 2.45) is 0 Å². The van der Waals surface area contributed by atoms with E-state index in [9.17, 15) is 7.01 Å². The molecular weight excluding hydrogens is 632 g/mol. The third-order valence-corrected chi connectivity index (χ3v) is 11.9. The number of unbranched alkanes of at least 4 members (excludes halogenated alkanes) is 27. The van der Waals surface area contributed by atoms with Crippen molar-refractivity contribution in [2.45, 2.75) is 238 Å². The van der Waals surface area contributed by atoms with Crippen molar-refractivity contribution in [3.63, 3.8) is 0 Å². The summed E-state index contributed by atoms with van der Waals surface area (Å²) in [7, 11) is 0. The zero-order valence-corrected chi connectivity index (χ0v) is 34.0. The van der Waals surface area contributed by atoms with E-state index in [1.165, 1.54) is 222 Å². The smallest absolute Gasteiger partial charge is 0.0654 e. The van der Waals surface area contributed by atoms with Gasteiger partial charge in [0.2, 0.25) is 0 Å². The standard InChI is InChI=1S/C42H78OS.H2O.O.Ti/c1-4-7-10-13-16-19-22-25-28-31-34-39-37-38-42(44-43)41(36-33-30-27-24-21-18-15-12-9-6-3)40(39)35-32-29-26-23-20-17-14-11-8-5-2;;;/h37-38,43H,4-36H2,1-3H3;1H2;;/q;;;+2/p-2. The summed E-state index contributed by atoms with van der Waals surface area (Å²) in [5.74, 6) is 0. The van der Waals surface area contributed by atoms with Crippen LogP contribution in [0.1, 0.15) is 230 Å². The van der Waals surface area contributed by atoms with Crippen molar-refractivity contribution in [2.75, 3.05) is 0 Å². The second kappa shape index (κ2) is 34.5. The van der Waals surface area contributed by atoms with Crippen molar-refractivity contribution >= 4 is 12.0 Å². The molecule has 0 saturated heterocycles. The molecular formula is C42H78O3STi. The normalized spacial score (nSPS) is 11.5. The monoisotopic (exact) mass is 711 g/mol. The van der Waals surface area contributed by atoms with Crippen molar-refractivity contribution in [1.82, 2.24) is 0 Å². The van der Waals surface area contributed by atoms with Crippen molar-refractivity contribution in [1.29, 1.82) is 0 Å². The molecule has 1 aromatic carbocycles. The van der Waals surface area contributed by atoms with Crippen LogP contribution in [0, 0.1) is 0 Å². The van der Waals surface area contributed by atoms with Gasteiger partial charge in [-0.2, -0.15) is 0 Å². The number of hydrogen-bond acceptors (Lipinski definition) is 3. The van der Waals surface area contributed by atoms with Gasteiger partial charge in [0.15, 0.2) is 0 Å². The van der Waals surface area contributed by atoms with E-state index in [1.54, 1.807) is 5.56 Å². The SMILES string of the molecule is CCCCCCCCCCCCc1ccc(S[O][Ti](=[O])[OH])c(CCCCCCCCCCCC)c1CCCCCCCCCCCC. The van der Waals surface area contributed by atoms with Crippen LogP contribution in [0.15, 0.2) is 17.0 Å². The van der Waals surface area contributed by atoms with Gasteiger partial charge in [0, 0.05) is 0 Å². The molecule has 0 radical (unpaired) electrons. The Kier molecular flexibility index (Phi) is 33.0. The first-order valence-electron chi connectivity index (χ1n) is 20.8. The van der Waals surface area contributed by atoms with E-state index >= 15 is 0 Å². The van der Waals surface area contributed by atoms with Gasteiger partial charge >= 0.3 is 209 Å². The van der Waals surface area contributed by atoms with Gasteiger partial charge in [-0.25, -0.2) is 0 Å². The van der Waals surface area contributed by atoms with Gasteiger partial charge in [-0.15, -0.1) is 0 Å². The first kappa shape index (κ1) is 45.0. The fourth-order valence-electron chi connectivity index (χ4n) is 7.08. The number of aryl methyl sites for hydroxylation is 1. The summed E-state index contributed by atoms with van der Waals surface area (Å²) in [5.41, 5.74) is 4.51. The molecule has 0 heterocycles. The van der Waals surface area contributed by atoms with Crippen LogP contribution in [0.5, 0.6) is 0 Å². The molecule has 1 rings (SSSR count). The maximum atomic E-state index is 11.6. The van der Waals surface area contributed by atoms with Crippen molar-refractivity contribution in [3.05, 3.63) is 28.8 Å². The molecule has 0 atom stereocenters. The van der Waals surface area contributed by atoms with E-state index < -0.39 is 18.6 Å². The molecule has 0 aromatic heterocycles. The molecule has 3 nitrogen and oxygen atoms in total. The Morgan fingerprint density at radius 1 is 0.468 bits per heavy atom. The maximum absolute atomic E-state index is 11.6. The van der Waals surface area contributed by atoms with E-state index in [1.807, 2.05) is 0 Å². The molecule has 0 amide bonds. The second-order valence-corrected chi connectivity index (χ2v) is 16.8. The van der Waals surface area contributed by atoms with Gasteiger partial charge in [0.25, 0.3) is 0 Å². The van der Waals surface area contributed by atoms with E-state index in [0.29, 0.717) is 0 Å². The van der Waals surface area contributed by atoms with Gasteiger partial charge in [-0.1, -0.05) is 97.8 Å². The molecule has 0 spiro atoms. The summed E-state index contributed by atoms with van der Waals surface area (Å²) in [6.45, 7) is 6.88. The minimum Gasteiger partial charge on any atom is -0.0654 e. The van der Waals surface area contributed by atoms with Gasteiger partial charge in [0.05, 0.1) is 0 Å². The number of rotatable bonds is 36. The molecule has 0 bridgehead atoms. The Bertz CT molecular complexity index is 845. The number of hydrogen-bond donors (Lipinski definition) is 1. The molecule has 0 aliphatic heterocycles. The van der Waals surface area contributed by atoms with Crippen LogP contribution in [0.3, 0.4) is 0 Å². The molecule has 1 aromatic rings. The Morgan fingerprint density at radius 2 is 0.787 bits per heavy atom. The number of benzene rings is 1. The van der Waals surface area contributed by atoms with E-state index in [0.717, 1.165) is 17.7 Å². The summed E-state index contributed by atoms with van der Waals surface area (Å²) < 4.78 is 26.4. The molecule has 0 aliphatic carbocycles. The zero-order chi connectivity index (χ0) is 34.0. The van der Waals surface area contributed by atoms with Crippen LogP contribution in [-0.2, 0) is 44.0 Å². The van der Waals surface area contributed by atoms with Gasteiger partial charge in [0.1, 0.15) is 0 Å². The Labute approximate surface area is 305 Å². The van der Waals surface area contributed by atoms with Crippen LogP contribution in [0.2, 0.25) is 0 Å². The average molecular weight is 711 g/mol. The summed E-state index contributed by atoms with van der Waals surface area (Å²) in [6.07, 6.45) is 44.2. The van der Waals surface area contributed by atoms with Crippen LogP contribution in [0.25, 0.3) is 0 Å². The molecule has 0 fully saturated rings. The Balaban J connectivity index is 2.75. The van der Waals surface area contributed by atoms with Crippen LogP contribution in [0.4, 0.5) is 0 Å².